The van der Waals surface area contributed by atoms with Crippen LogP contribution in [0.15, 0.2) is 47.1 Å². The number of amidine groups is 1. The summed E-state index contributed by atoms with van der Waals surface area (Å²) >= 11 is 0. The van der Waals surface area contributed by atoms with E-state index in [1.807, 2.05) is 30.3 Å². The standard InChI is InChI=1S/C18H22N2O4/c1-5-23-16(21)14-11-19-15(13-9-7-6-8-10-13)20(12-14)17(22)24-18(2,3)4/h6-11H,5,12H2,1-4H3. The van der Waals surface area contributed by atoms with Gasteiger partial charge in [-0.25, -0.2) is 14.6 Å². The van der Waals surface area contributed by atoms with Gasteiger partial charge in [-0.15, -0.1) is 0 Å². The first-order valence-electron chi connectivity index (χ1n) is 7.81. The van der Waals surface area contributed by atoms with Gasteiger partial charge in [-0.1, -0.05) is 30.3 Å². The van der Waals surface area contributed by atoms with Gasteiger partial charge in [0.05, 0.1) is 18.7 Å². The highest BCUT2D eigenvalue weighted by atomic mass is 16.6. The van der Waals surface area contributed by atoms with Gasteiger partial charge in [0.1, 0.15) is 11.4 Å². The lowest BCUT2D eigenvalue weighted by Crippen LogP contribution is -2.44. The number of rotatable bonds is 3. The summed E-state index contributed by atoms with van der Waals surface area (Å²) in [5.41, 5.74) is 0.425. The maximum absolute atomic E-state index is 12.6. The zero-order valence-electron chi connectivity index (χ0n) is 14.4. The van der Waals surface area contributed by atoms with Crippen LogP contribution in [-0.4, -0.2) is 41.6 Å². The van der Waals surface area contributed by atoms with Gasteiger partial charge in [-0.3, -0.25) is 4.90 Å². The van der Waals surface area contributed by atoms with E-state index in [0.29, 0.717) is 11.4 Å². The van der Waals surface area contributed by atoms with Crippen molar-refractivity contribution in [2.75, 3.05) is 13.2 Å². The number of esters is 1. The van der Waals surface area contributed by atoms with Crippen molar-refractivity contribution in [2.24, 2.45) is 4.99 Å². The van der Waals surface area contributed by atoms with Gasteiger partial charge >= 0.3 is 12.1 Å². The summed E-state index contributed by atoms with van der Waals surface area (Å²) in [6.45, 7) is 7.41. The summed E-state index contributed by atoms with van der Waals surface area (Å²) in [6, 6.07) is 9.29. The number of amides is 1. The van der Waals surface area contributed by atoms with Crippen molar-refractivity contribution in [3.63, 3.8) is 0 Å². The number of nitrogens with zero attached hydrogens (tertiary/aromatic N) is 2. The number of hydrogen-bond donors (Lipinski definition) is 0. The Hall–Kier alpha value is -2.63. The molecule has 0 fully saturated rings. The van der Waals surface area contributed by atoms with E-state index in [-0.39, 0.29) is 13.2 Å². The Morgan fingerprint density at radius 1 is 1.21 bits per heavy atom. The van der Waals surface area contributed by atoms with Crippen molar-refractivity contribution in [1.82, 2.24) is 4.90 Å². The number of benzene rings is 1. The zero-order chi connectivity index (χ0) is 17.7. The molecular weight excluding hydrogens is 308 g/mol. The highest BCUT2D eigenvalue weighted by Crippen LogP contribution is 2.19. The van der Waals surface area contributed by atoms with Gasteiger partial charge in [0.15, 0.2) is 0 Å². The molecular formula is C18H22N2O4. The van der Waals surface area contributed by atoms with Crippen LogP contribution in [0.4, 0.5) is 4.79 Å². The maximum Gasteiger partial charge on any atom is 0.416 e. The summed E-state index contributed by atoms with van der Waals surface area (Å²) < 4.78 is 10.4. The number of aliphatic imine (C=N–C) groups is 1. The van der Waals surface area contributed by atoms with E-state index in [1.54, 1.807) is 27.7 Å². The molecule has 1 aliphatic heterocycles. The first-order chi connectivity index (χ1) is 11.3. The molecule has 2 rings (SSSR count). The Balaban J connectivity index is 2.35. The molecule has 1 aromatic rings. The quantitative estimate of drug-likeness (QED) is 0.799. The smallest absolute Gasteiger partial charge is 0.416 e. The van der Waals surface area contributed by atoms with Crippen LogP contribution in [0.25, 0.3) is 0 Å². The van der Waals surface area contributed by atoms with E-state index in [2.05, 4.69) is 4.99 Å². The fraction of sp³-hybridized carbons (Fsp3) is 0.389. The first kappa shape index (κ1) is 17.7. The van der Waals surface area contributed by atoms with Gasteiger partial charge in [-0.05, 0) is 27.7 Å². The van der Waals surface area contributed by atoms with Crippen LogP contribution in [0.5, 0.6) is 0 Å². The fourth-order valence-electron chi connectivity index (χ4n) is 2.12. The minimum atomic E-state index is -0.649. The average Bonchev–Trinajstić information content (AvgIpc) is 2.54. The Bertz CT molecular complexity index is 672. The highest BCUT2D eigenvalue weighted by molar-refractivity contribution is 6.08. The van der Waals surface area contributed by atoms with E-state index in [0.717, 1.165) is 5.56 Å². The topological polar surface area (TPSA) is 68.2 Å². The summed E-state index contributed by atoms with van der Waals surface area (Å²) in [7, 11) is 0. The summed E-state index contributed by atoms with van der Waals surface area (Å²) in [6.07, 6.45) is 0.890. The number of hydrogen-bond acceptors (Lipinski definition) is 5. The second-order valence-corrected chi connectivity index (χ2v) is 6.26. The molecule has 1 heterocycles. The molecule has 0 radical (unpaired) electrons. The van der Waals surface area contributed by atoms with Crippen LogP contribution in [-0.2, 0) is 14.3 Å². The van der Waals surface area contributed by atoms with Gasteiger partial charge in [-0.2, -0.15) is 0 Å². The molecule has 0 atom stereocenters. The Morgan fingerprint density at radius 3 is 2.46 bits per heavy atom. The van der Waals surface area contributed by atoms with Gasteiger partial charge in [0.2, 0.25) is 0 Å². The molecule has 6 heteroatoms. The second kappa shape index (κ2) is 7.29. The predicted octanol–water partition coefficient (Wildman–Crippen LogP) is 3.13. The van der Waals surface area contributed by atoms with Gasteiger partial charge in [0.25, 0.3) is 0 Å². The predicted molar refractivity (Wildman–Crippen MR) is 90.6 cm³/mol. The number of ether oxygens (including phenoxy) is 2. The lowest BCUT2D eigenvalue weighted by Gasteiger charge is -2.30. The molecule has 0 saturated carbocycles. The average molecular weight is 330 g/mol. The Kier molecular flexibility index (Phi) is 5.39. The van der Waals surface area contributed by atoms with E-state index in [1.165, 1.54) is 11.1 Å². The Labute approximate surface area is 141 Å². The SMILES string of the molecule is CCOC(=O)C1=CN=C(c2ccccc2)N(C(=O)OC(C)(C)C)C1. The molecule has 0 aromatic heterocycles. The van der Waals surface area contributed by atoms with Crippen molar-refractivity contribution in [3.8, 4) is 0 Å². The van der Waals surface area contributed by atoms with Crippen LogP contribution >= 0.6 is 0 Å². The van der Waals surface area contributed by atoms with E-state index in [9.17, 15) is 9.59 Å². The molecule has 0 N–H and O–H groups in total. The fourth-order valence-corrected chi connectivity index (χ4v) is 2.12. The van der Waals surface area contributed by atoms with E-state index < -0.39 is 17.7 Å². The third-order valence-electron chi connectivity index (χ3n) is 3.11. The largest absolute Gasteiger partial charge is 0.463 e. The van der Waals surface area contributed by atoms with Crippen LogP contribution in [0.1, 0.15) is 33.3 Å². The van der Waals surface area contributed by atoms with Crippen molar-refractivity contribution < 1.29 is 19.1 Å². The van der Waals surface area contributed by atoms with Crippen molar-refractivity contribution in [2.45, 2.75) is 33.3 Å². The normalized spacial score (nSPS) is 14.6. The Morgan fingerprint density at radius 2 is 1.88 bits per heavy atom. The monoisotopic (exact) mass is 330 g/mol. The lowest BCUT2D eigenvalue weighted by molar-refractivity contribution is -0.138. The van der Waals surface area contributed by atoms with Gasteiger partial charge in [0, 0.05) is 11.8 Å². The molecule has 0 saturated heterocycles. The molecule has 0 bridgehead atoms. The minimum Gasteiger partial charge on any atom is -0.463 e. The summed E-state index contributed by atoms with van der Waals surface area (Å²) in [5, 5.41) is 0. The van der Waals surface area contributed by atoms with Crippen molar-refractivity contribution in [1.29, 1.82) is 0 Å². The van der Waals surface area contributed by atoms with E-state index >= 15 is 0 Å². The molecule has 6 nitrogen and oxygen atoms in total. The van der Waals surface area contributed by atoms with Crippen molar-refractivity contribution in [3.05, 3.63) is 47.7 Å². The number of carbonyl (C=O) groups excluding carboxylic acids is 2. The molecule has 0 unspecified atom stereocenters. The van der Waals surface area contributed by atoms with Crippen LogP contribution in [0.3, 0.4) is 0 Å². The third-order valence-corrected chi connectivity index (χ3v) is 3.11. The van der Waals surface area contributed by atoms with Crippen molar-refractivity contribution >= 4 is 17.9 Å². The molecule has 1 aromatic carbocycles. The minimum absolute atomic E-state index is 0.0570. The third kappa shape index (κ3) is 4.44. The van der Waals surface area contributed by atoms with Crippen LogP contribution < -0.4 is 0 Å². The van der Waals surface area contributed by atoms with Crippen LogP contribution in [0, 0.1) is 0 Å². The number of carbonyl (C=O) groups is 2. The molecule has 1 aliphatic rings. The molecule has 1 amide bonds. The molecule has 24 heavy (non-hydrogen) atoms. The molecule has 128 valence electrons. The summed E-state index contributed by atoms with van der Waals surface area (Å²) in [5.74, 6) is -0.0418. The summed E-state index contributed by atoms with van der Waals surface area (Å²) in [4.78, 5) is 30.2. The van der Waals surface area contributed by atoms with Gasteiger partial charge < -0.3 is 9.47 Å². The molecule has 0 spiro atoms. The lowest BCUT2D eigenvalue weighted by atomic mass is 10.1. The molecule has 0 aliphatic carbocycles. The van der Waals surface area contributed by atoms with E-state index in [4.69, 9.17) is 9.47 Å². The van der Waals surface area contributed by atoms with Crippen LogP contribution in [0.2, 0.25) is 0 Å². The maximum atomic E-state index is 12.6. The zero-order valence-corrected chi connectivity index (χ0v) is 14.4. The second-order valence-electron chi connectivity index (χ2n) is 6.26. The highest BCUT2D eigenvalue weighted by Gasteiger charge is 2.31. The first-order valence-corrected chi connectivity index (χ1v) is 7.81.